The summed E-state index contributed by atoms with van der Waals surface area (Å²) < 4.78 is 0. The average Bonchev–Trinajstić information content (AvgIpc) is 2.63. The molecule has 5 heteroatoms. The molecular weight excluding hydrogens is 208 g/mol. The highest BCUT2D eigenvalue weighted by Gasteiger charge is 2.41. The van der Waals surface area contributed by atoms with Gasteiger partial charge in [-0.2, -0.15) is 0 Å². The van der Waals surface area contributed by atoms with Gasteiger partial charge in [-0.25, -0.2) is 4.79 Å². The van der Waals surface area contributed by atoms with Crippen LogP contribution < -0.4 is 10.6 Å². The molecule has 0 unspecified atom stereocenters. The predicted octanol–water partition coefficient (Wildman–Crippen LogP) is 1.34. The lowest BCUT2D eigenvalue weighted by Gasteiger charge is -2.24. The Labute approximate surface area is 95.6 Å². The third kappa shape index (κ3) is 3.12. The van der Waals surface area contributed by atoms with Crippen molar-refractivity contribution in [1.82, 2.24) is 10.6 Å². The van der Waals surface area contributed by atoms with E-state index in [0.717, 1.165) is 12.8 Å². The molecule has 0 aromatic heterocycles. The summed E-state index contributed by atoms with van der Waals surface area (Å²) in [6.07, 6.45) is 3.17. The van der Waals surface area contributed by atoms with Gasteiger partial charge < -0.3 is 15.7 Å². The van der Waals surface area contributed by atoms with Gasteiger partial charge in [0.2, 0.25) is 0 Å². The highest BCUT2D eigenvalue weighted by Crippen LogP contribution is 2.37. The van der Waals surface area contributed by atoms with Crippen LogP contribution in [0, 0.1) is 5.41 Å². The molecule has 92 valence electrons. The minimum atomic E-state index is -0.796. The van der Waals surface area contributed by atoms with Crippen molar-refractivity contribution in [2.45, 2.75) is 45.6 Å². The largest absolute Gasteiger partial charge is 0.481 e. The summed E-state index contributed by atoms with van der Waals surface area (Å²) in [5.74, 6) is -0.796. The Kier molecular flexibility index (Phi) is 4.15. The number of aliphatic carboxylic acids is 1. The van der Waals surface area contributed by atoms with Gasteiger partial charge in [-0.15, -0.1) is 0 Å². The maximum atomic E-state index is 11.4. The van der Waals surface area contributed by atoms with Gasteiger partial charge >= 0.3 is 12.0 Å². The molecule has 1 saturated carbocycles. The lowest BCUT2D eigenvalue weighted by molar-refractivity contribution is -0.148. The molecule has 0 aliphatic heterocycles. The van der Waals surface area contributed by atoms with E-state index in [4.69, 9.17) is 0 Å². The number of hydrogen-bond acceptors (Lipinski definition) is 2. The minimum Gasteiger partial charge on any atom is -0.481 e. The molecule has 0 saturated heterocycles. The van der Waals surface area contributed by atoms with Gasteiger partial charge in [-0.05, 0) is 26.7 Å². The first-order valence-electron chi connectivity index (χ1n) is 5.74. The summed E-state index contributed by atoms with van der Waals surface area (Å²) in [7, 11) is 0. The summed E-state index contributed by atoms with van der Waals surface area (Å²) in [5, 5.41) is 14.5. The van der Waals surface area contributed by atoms with E-state index in [2.05, 4.69) is 10.6 Å². The van der Waals surface area contributed by atoms with Crippen LogP contribution in [0.4, 0.5) is 4.79 Å². The lowest BCUT2D eigenvalue weighted by Crippen LogP contribution is -2.46. The van der Waals surface area contributed by atoms with Crippen LogP contribution in [0.3, 0.4) is 0 Å². The van der Waals surface area contributed by atoms with E-state index < -0.39 is 11.4 Å². The maximum Gasteiger partial charge on any atom is 0.315 e. The molecule has 0 aromatic rings. The zero-order valence-electron chi connectivity index (χ0n) is 9.88. The van der Waals surface area contributed by atoms with Crippen LogP contribution in [-0.4, -0.2) is 29.7 Å². The molecule has 0 heterocycles. The fourth-order valence-electron chi connectivity index (χ4n) is 2.08. The fourth-order valence-corrected chi connectivity index (χ4v) is 2.08. The van der Waals surface area contributed by atoms with Crippen LogP contribution in [0.25, 0.3) is 0 Å². The van der Waals surface area contributed by atoms with Crippen LogP contribution in [0.5, 0.6) is 0 Å². The topological polar surface area (TPSA) is 78.4 Å². The van der Waals surface area contributed by atoms with Gasteiger partial charge in [0.1, 0.15) is 0 Å². The SMILES string of the molecule is CC(C)NC(=O)NCC1(C(=O)O)CCCC1. The first-order valence-corrected chi connectivity index (χ1v) is 5.74. The van der Waals surface area contributed by atoms with Crippen molar-refractivity contribution < 1.29 is 14.7 Å². The smallest absolute Gasteiger partial charge is 0.315 e. The van der Waals surface area contributed by atoms with Gasteiger partial charge in [0.25, 0.3) is 0 Å². The normalized spacial score (nSPS) is 18.4. The molecule has 0 bridgehead atoms. The quantitative estimate of drug-likeness (QED) is 0.679. The number of rotatable bonds is 4. The Morgan fingerprint density at radius 1 is 1.31 bits per heavy atom. The molecule has 1 rings (SSSR count). The van der Waals surface area contributed by atoms with Crippen LogP contribution in [0.1, 0.15) is 39.5 Å². The second kappa shape index (κ2) is 5.18. The fraction of sp³-hybridized carbons (Fsp3) is 0.818. The summed E-state index contributed by atoms with van der Waals surface area (Å²) in [5.41, 5.74) is -0.742. The van der Waals surface area contributed by atoms with Gasteiger partial charge in [0, 0.05) is 12.6 Å². The summed E-state index contributed by atoms with van der Waals surface area (Å²) in [6, 6.07) is -0.230. The molecule has 16 heavy (non-hydrogen) atoms. The Morgan fingerprint density at radius 2 is 1.88 bits per heavy atom. The zero-order chi connectivity index (χ0) is 12.2. The molecule has 2 amide bonds. The molecule has 1 fully saturated rings. The standard InChI is InChI=1S/C11H20N2O3/c1-8(2)13-10(16)12-7-11(9(14)15)5-3-4-6-11/h8H,3-7H2,1-2H3,(H,14,15)(H2,12,13,16). The third-order valence-corrected chi connectivity index (χ3v) is 3.02. The van der Waals surface area contributed by atoms with Crippen molar-refractivity contribution >= 4 is 12.0 Å². The first-order chi connectivity index (χ1) is 7.46. The molecular formula is C11H20N2O3. The van der Waals surface area contributed by atoms with Gasteiger partial charge in [0.15, 0.2) is 0 Å². The predicted molar refractivity (Wildman–Crippen MR) is 60.2 cm³/mol. The summed E-state index contributed by atoms with van der Waals surface area (Å²) >= 11 is 0. The summed E-state index contributed by atoms with van der Waals surface area (Å²) in [4.78, 5) is 22.5. The van der Waals surface area contributed by atoms with Crippen molar-refractivity contribution in [3.8, 4) is 0 Å². The molecule has 1 aliphatic rings. The van der Waals surface area contributed by atoms with E-state index >= 15 is 0 Å². The average molecular weight is 228 g/mol. The van der Waals surface area contributed by atoms with E-state index in [1.54, 1.807) is 0 Å². The van der Waals surface area contributed by atoms with Crippen LogP contribution >= 0.6 is 0 Å². The number of carbonyl (C=O) groups is 2. The summed E-state index contributed by atoms with van der Waals surface area (Å²) in [6.45, 7) is 3.95. The number of amides is 2. The zero-order valence-corrected chi connectivity index (χ0v) is 9.88. The number of urea groups is 1. The van der Waals surface area contributed by atoms with E-state index in [-0.39, 0.29) is 18.6 Å². The molecule has 3 N–H and O–H groups in total. The number of nitrogens with one attached hydrogen (secondary N) is 2. The van der Waals surface area contributed by atoms with Gasteiger partial charge in [-0.1, -0.05) is 12.8 Å². The Balaban J connectivity index is 2.45. The van der Waals surface area contributed by atoms with Gasteiger partial charge in [0.05, 0.1) is 5.41 Å². The van der Waals surface area contributed by atoms with Crippen molar-refractivity contribution in [1.29, 1.82) is 0 Å². The van der Waals surface area contributed by atoms with Crippen molar-refractivity contribution in [2.24, 2.45) is 5.41 Å². The van der Waals surface area contributed by atoms with Gasteiger partial charge in [-0.3, -0.25) is 4.79 Å². The minimum absolute atomic E-state index is 0.0596. The molecule has 0 aromatic carbocycles. The molecule has 0 spiro atoms. The number of carbonyl (C=O) groups excluding carboxylic acids is 1. The molecule has 5 nitrogen and oxygen atoms in total. The van der Waals surface area contributed by atoms with Crippen molar-refractivity contribution in [3.05, 3.63) is 0 Å². The van der Waals surface area contributed by atoms with E-state index in [1.165, 1.54) is 0 Å². The number of carboxylic acid groups (broad SMARTS) is 1. The Morgan fingerprint density at radius 3 is 2.31 bits per heavy atom. The molecule has 1 aliphatic carbocycles. The maximum absolute atomic E-state index is 11.4. The van der Waals surface area contributed by atoms with E-state index in [0.29, 0.717) is 12.8 Å². The number of carboxylic acids is 1. The Bertz CT molecular complexity index is 270. The van der Waals surface area contributed by atoms with Crippen molar-refractivity contribution in [2.75, 3.05) is 6.54 Å². The van der Waals surface area contributed by atoms with Crippen LogP contribution in [-0.2, 0) is 4.79 Å². The molecule has 0 radical (unpaired) electrons. The third-order valence-electron chi connectivity index (χ3n) is 3.02. The van der Waals surface area contributed by atoms with E-state index in [9.17, 15) is 14.7 Å². The molecule has 0 atom stereocenters. The monoisotopic (exact) mass is 228 g/mol. The number of hydrogen-bond donors (Lipinski definition) is 3. The van der Waals surface area contributed by atoms with E-state index in [1.807, 2.05) is 13.8 Å². The second-order valence-electron chi connectivity index (χ2n) is 4.77. The van der Waals surface area contributed by atoms with Crippen molar-refractivity contribution in [3.63, 3.8) is 0 Å². The van der Waals surface area contributed by atoms with Crippen LogP contribution in [0.2, 0.25) is 0 Å². The highest BCUT2D eigenvalue weighted by molar-refractivity contribution is 5.78. The Hall–Kier alpha value is -1.26. The highest BCUT2D eigenvalue weighted by atomic mass is 16.4. The second-order valence-corrected chi connectivity index (χ2v) is 4.77. The van der Waals surface area contributed by atoms with Crippen LogP contribution in [0.15, 0.2) is 0 Å². The first kappa shape index (κ1) is 12.8. The lowest BCUT2D eigenvalue weighted by atomic mass is 9.86.